The number of halogens is 1. The molecular formula is C23H30IN5O. The number of guanidine groups is 1. The molecule has 0 fully saturated rings. The summed E-state index contributed by atoms with van der Waals surface area (Å²) in [6.07, 6.45) is 0. The third kappa shape index (κ3) is 6.22. The largest absolute Gasteiger partial charge is 0.497 e. The summed E-state index contributed by atoms with van der Waals surface area (Å²) in [5.74, 6) is 2.58. The van der Waals surface area contributed by atoms with Crippen molar-refractivity contribution in [1.82, 2.24) is 15.6 Å². The minimum atomic E-state index is 0. The fourth-order valence-corrected chi connectivity index (χ4v) is 3.03. The molecule has 3 aromatic rings. The molecule has 3 rings (SSSR count). The Bertz CT molecular complexity index is 973. The molecule has 0 unspecified atom stereocenters. The maximum absolute atomic E-state index is 5.21. The molecule has 0 aliphatic rings. The molecule has 0 aliphatic carbocycles. The van der Waals surface area contributed by atoms with Crippen LogP contribution in [0, 0.1) is 0 Å². The molecule has 2 aromatic carbocycles. The van der Waals surface area contributed by atoms with Gasteiger partial charge in [-0.3, -0.25) is 0 Å². The van der Waals surface area contributed by atoms with Gasteiger partial charge in [-0.2, -0.15) is 0 Å². The molecule has 7 heteroatoms. The summed E-state index contributed by atoms with van der Waals surface area (Å²) in [7, 11) is 5.69. The van der Waals surface area contributed by atoms with Crippen LogP contribution in [0.1, 0.15) is 18.1 Å². The van der Waals surface area contributed by atoms with Crippen molar-refractivity contribution in [2.45, 2.75) is 20.0 Å². The molecule has 0 amide bonds. The van der Waals surface area contributed by atoms with Gasteiger partial charge in [-0.25, -0.2) is 9.98 Å². The molecule has 0 saturated heterocycles. The first-order chi connectivity index (χ1) is 14.1. The Kier molecular flexibility index (Phi) is 9.16. The highest BCUT2D eigenvalue weighted by atomic mass is 127. The predicted molar refractivity (Wildman–Crippen MR) is 136 cm³/mol. The van der Waals surface area contributed by atoms with E-state index in [1.165, 1.54) is 5.56 Å². The summed E-state index contributed by atoms with van der Waals surface area (Å²) >= 11 is 0. The van der Waals surface area contributed by atoms with Gasteiger partial charge in [0.2, 0.25) is 0 Å². The number of aromatic nitrogens is 1. The molecule has 0 bridgehead atoms. The highest BCUT2D eigenvalue weighted by molar-refractivity contribution is 14.0. The zero-order chi connectivity index (χ0) is 20.6. The number of pyridine rings is 1. The monoisotopic (exact) mass is 519 g/mol. The van der Waals surface area contributed by atoms with Crippen LogP contribution in [-0.4, -0.2) is 38.7 Å². The Morgan fingerprint density at radius 2 is 1.80 bits per heavy atom. The number of benzene rings is 2. The van der Waals surface area contributed by atoms with Crippen molar-refractivity contribution in [3.63, 3.8) is 0 Å². The van der Waals surface area contributed by atoms with Crippen molar-refractivity contribution < 1.29 is 4.74 Å². The van der Waals surface area contributed by atoms with Gasteiger partial charge in [0.15, 0.2) is 5.96 Å². The number of para-hydroxylation sites is 1. The number of fused-ring (bicyclic) bond motifs is 1. The second-order valence-electron chi connectivity index (χ2n) is 6.95. The van der Waals surface area contributed by atoms with Gasteiger partial charge in [-0.05, 0) is 42.3 Å². The molecule has 1 aromatic heterocycles. The second kappa shape index (κ2) is 11.6. The molecule has 0 atom stereocenters. The van der Waals surface area contributed by atoms with Gasteiger partial charge in [0, 0.05) is 32.6 Å². The highest BCUT2D eigenvalue weighted by Crippen LogP contribution is 2.22. The molecule has 30 heavy (non-hydrogen) atoms. The number of methoxy groups -OCH3 is 1. The summed E-state index contributed by atoms with van der Waals surface area (Å²) in [6.45, 7) is 4.13. The lowest BCUT2D eigenvalue weighted by atomic mass is 10.1. The first-order valence-electron chi connectivity index (χ1n) is 9.81. The molecule has 1 heterocycles. The number of aliphatic imine (C=N–C) groups is 1. The molecule has 2 N–H and O–H groups in total. The van der Waals surface area contributed by atoms with E-state index in [-0.39, 0.29) is 24.0 Å². The zero-order valence-corrected chi connectivity index (χ0v) is 20.3. The number of nitrogens with one attached hydrogen (secondary N) is 2. The van der Waals surface area contributed by atoms with Crippen LogP contribution in [0.3, 0.4) is 0 Å². The Balaban J connectivity index is 0.00000320. The average Bonchev–Trinajstić information content (AvgIpc) is 2.75. The number of anilines is 1. The topological polar surface area (TPSA) is 61.8 Å². The molecule has 0 saturated carbocycles. The van der Waals surface area contributed by atoms with E-state index in [4.69, 9.17) is 14.7 Å². The predicted octanol–water partition coefficient (Wildman–Crippen LogP) is 4.18. The number of nitrogens with zero attached hydrogens (tertiary/aromatic N) is 3. The van der Waals surface area contributed by atoms with Crippen LogP contribution in [0.4, 0.5) is 5.82 Å². The van der Waals surface area contributed by atoms with Crippen molar-refractivity contribution in [2.75, 3.05) is 32.6 Å². The van der Waals surface area contributed by atoms with Crippen LogP contribution in [0.25, 0.3) is 10.9 Å². The lowest BCUT2D eigenvalue weighted by molar-refractivity contribution is 0.414. The maximum Gasteiger partial charge on any atom is 0.191 e. The van der Waals surface area contributed by atoms with Crippen molar-refractivity contribution in [3.8, 4) is 5.75 Å². The third-order valence-electron chi connectivity index (χ3n) is 4.62. The Labute approximate surface area is 195 Å². The highest BCUT2D eigenvalue weighted by Gasteiger charge is 2.08. The third-order valence-corrected chi connectivity index (χ3v) is 4.62. The average molecular weight is 519 g/mol. The van der Waals surface area contributed by atoms with Crippen LogP contribution >= 0.6 is 24.0 Å². The first-order valence-corrected chi connectivity index (χ1v) is 9.81. The Morgan fingerprint density at radius 3 is 2.47 bits per heavy atom. The van der Waals surface area contributed by atoms with E-state index in [0.717, 1.165) is 40.5 Å². The van der Waals surface area contributed by atoms with Gasteiger partial charge in [-0.1, -0.05) is 30.3 Å². The lowest BCUT2D eigenvalue weighted by Crippen LogP contribution is -2.36. The SMILES string of the molecule is CCNC(=NCc1ccc(OC)cc1)NCc1cc(N(C)C)nc2ccccc12.I. The van der Waals surface area contributed by atoms with Crippen LogP contribution in [0.2, 0.25) is 0 Å². The van der Waals surface area contributed by atoms with E-state index in [0.29, 0.717) is 13.1 Å². The lowest BCUT2D eigenvalue weighted by Gasteiger charge is -2.17. The van der Waals surface area contributed by atoms with Gasteiger partial charge in [0.05, 0.1) is 19.2 Å². The van der Waals surface area contributed by atoms with Crippen LogP contribution in [-0.2, 0) is 13.1 Å². The number of hydrogen-bond acceptors (Lipinski definition) is 4. The number of hydrogen-bond donors (Lipinski definition) is 2. The van der Waals surface area contributed by atoms with E-state index >= 15 is 0 Å². The smallest absolute Gasteiger partial charge is 0.191 e. The van der Waals surface area contributed by atoms with Gasteiger partial charge >= 0.3 is 0 Å². The van der Waals surface area contributed by atoms with Gasteiger partial charge in [-0.15, -0.1) is 24.0 Å². The molecule has 0 aliphatic heterocycles. The van der Waals surface area contributed by atoms with E-state index in [1.807, 2.05) is 55.4 Å². The zero-order valence-electron chi connectivity index (χ0n) is 18.0. The maximum atomic E-state index is 5.21. The molecule has 0 radical (unpaired) electrons. The van der Waals surface area contributed by atoms with Gasteiger partial charge in [0.1, 0.15) is 11.6 Å². The van der Waals surface area contributed by atoms with Crippen molar-refractivity contribution in [2.24, 2.45) is 4.99 Å². The van der Waals surface area contributed by atoms with Crippen molar-refractivity contribution in [1.29, 1.82) is 0 Å². The summed E-state index contributed by atoms with van der Waals surface area (Å²) in [6, 6.07) is 18.3. The quantitative estimate of drug-likeness (QED) is 0.279. The molecule has 160 valence electrons. The van der Waals surface area contributed by atoms with Crippen LogP contribution < -0.4 is 20.3 Å². The van der Waals surface area contributed by atoms with Gasteiger partial charge in [0.25, 0.3) is 0 Å². The molecule has 6 nitrogen and oxygen atoms in total. The van der Waals surface area contributed by atoms with E-state index < -0.39 is 0 Å². The fourth-order valence-electron chi connectivity index (χ4n) is 3.03. The first kappa shape index (κ1) is 23.7. The van der Waals surface area contributed by atoms with Crippen molar-refractivity contribution >= 4 is 46.7 Å². The van der Waals surface area contributed by atoms with Crippen LogP contribution in [0.5, 0.6) is 5.75 Å². The molecule has 0 spiro atoms. The van der Waals surface area contributed by atoms with E-state index in [1.54, 1.807) is 7.11 Å². The van der Waals surface area contributed by atoms with E-state index in [9.17, 15) is 0 Å². The van der Waals surface area contributed by atoms with E-state index in [2.05, 4.69) is 35.8 Å². The van der Waals surface area contributed by atoms with Crippen molar-refractivity contribution in [3.05, 3.63) is 65.7 Å². The fraction of sp³-hybridized carbons (Fsp3) is 0.304. The summed E-state index contributed by atoms with van der Waals surface area (Å²) < 4.78 is 5.21. The summed E-state index contributed by atoms with van der Waals surface area (Å²) in [4.78, 5) is 11.5. The second-order valence-corrected chi connectivity index (χ2v) is 6.95. The Hall–Kier alpha value is -2.55. The Morgan fingerprint density at radius 1 is 1.07 bits per heavy atom. The van der Waals surface area contributed by atoms with Crippen LogP contribution in [0.15, 0.2) is 59.6 Å². The minimum absolute atomic E-state index is 0. The standard InChI is InChI=1S/C23H29N5O.HI/c1-5-24-23(25-15-17-10-12-19(29-4)13-11-17)26-16-18-14-22(28(2)3)27-21-9-7-6-8-20(18)21;/h6-14H,5,15-16H2,1-4H3,(H2,24,25,26);1H. The number of ether oxygens (including phenoxy) is 1. The molecular weight excluding hydrogens is 489 g/mol. The summed E-state index contributed by atoms with van der Waals surface area (Å²) in [5, 5.41) is 7.92. The van der Waals surface area contributed by atoms with Gasteiger partial charge < -0.3 is 20.3 Å². The number of rotatable bonds is 7. The summed E-state index contributed by atoms with van der Waals surface area (Å²) in [5.41, 5.74) is 3.32. The minimum Gasteiger partial charge on any atom is -0.497 e. The normalized spacial score (nSPS) is 11.0.